The molecule has 1 aromatic rings. The minimum Gasteiger partial charge on any atom is -0.487 e. The molecule has 2 rings (SSSR count). The first-order chi connectivity index (χ1) is 6.41. The van der Waals surface area contributed by atoms with Gasteiger partial charge >= 0.3 is 0 Å². The first kappa shape index (κ1) is 10.0. The molecule has 1 aromatic carbocycles. The molecule has 2 heteroatoms. The van der Waals surface area contributed by atoms with Crippen LogP contribution in [0.3, 0.4) is 0 Å². The number of hydrogen-bond acceptors (Lipinski definition) is 1. The third-order valence-electron chi connectivity index (χ3n) is 2.76. The van der Waals surface area contributed by atoms with E-state index in [1.165, 1.54) is 21.2 Å². The molecule has 1 nitrogen and oxygen atoms in total. The summed E-state index contributed by atoms with van der Waals surface area (Å²) in [5, 5.41) is 0. The van der Waals surface area contributed by atoms with Gasteiger partial charge in [-0.2, -0.15) is 0 Å². The first-order valence-electron chi connectivity index (χ1n) is 4.88. The highest BCUT2D eigenvalue weighted by Crippen LogP contribution is 2.40. The Morgan fingerprint density at radius 2 is 2.00 bits per heavy atom. The lowest BCUT2D eigenvalue weighted by molar-refractivity contribution is 0.138. The first-order valence-corrected chi connectivity index (χ1v) is 5.67. The average molecular weight is 255 g/mol. The zero-order valence-electron chi connectivity index (χ0n) is 9.07. The average Bonchev–Trinajstić information content (AvgIpc) is 2.37. The predicted molar refractivity (Wildman–Crippen MR) is 62.0 cm³/mol. The number of benzene rings is 1. The van der Waals surface area contributed by atoms with E-state index in [2.05, 4.69) is 49.7 Å². The molecule has 0 aromatic heterocycles. The molecule has 0 aliphatic carbocycles. The summed E-state index contributed by atoms with van der Waals surface area (Å²) < 4.78 is 7.11. The summed E-state index contributed by atoms with van der Waals surface area (Å²) in [6.07, 6.45) is 1.01. The summed E-state index contributed by atoms with van der Waals surface area (Å²) in [7, 11) is 0. The van der Waals surface area contributed by atoms with Gasteiger partial charge in [0.2, 0.25) is 0 Å². The van der Waals surface area contributed by atoms with Crippen LogP contribution in [0, 0.1) is 13.8 Å². The summed E-state index contributed by atoms with van der Waals surface area (Å²) in [6, 6.07) is 2.13. The van der Waals surface area contributed by atoms with Gasteiger partial charge in [0.15, 0.2) is 0 Å². The number of ether oxygens (including phenoxy) is 1. The molecule has 0 unspecified atom stereocenters. The largest absolute Gasteiger partial charge is 0.487 e. The third-order valence-corrected chi connectivity index (χ3v) is 3.98. The normalized spacial score (nSPS) is 17.8. The molecule has 76 valence electrons. The molecular formula is C12H15BrO. The van der Waals surface area contributed by atoms with Crippen LogP contribution in [0.15, 0.2) is 10.5 Å². The molecule has 0 saturated carbocycles. The van der Waals surface area contributed by atoms with E-state index >= 15 is 0 Å². The van der Waals surface area contributed by atoms with E-state index in [1.54, 1.807) is 0 Å². The molecule has 0 bridgehead atoms. The Labute approximate surface area is 93.6 Å². The molecule has 1 heterocycles. The van der Waals surface area contributed by atoms with Gasteiger partial charge in [-0.3, -0.25) is 0 Å². The van der Waals surface area contributed by atoms with Gasteiger partial charge in [0, 0.05) is 16.5 Å². The third kappa shape index (κ3) is 1.46. The Bertz CT molecular complexity index is 394. The second kappa shape index (κ2) is 2.99. The van der Waals surface area contributed by atoms with Crippen molar-refractivity contribution in [2.24, 2.45) is 0 Å². The molecule has 0 atom stereocenters. The van der Waals surface area contributed by atoms with Crippen molar-refractivity contribution in [1.29, 1.82) is 0 Å². The summed E-state index contributed by atoms with van der Waals surface area (Å²) in [4.78, 5) is 0. The Balaban J connectivity index is 2.59. The molecule has 0 spiro atoms. The van der Waals surface area contributed by atoms with Crippen molar-refractivity contribution < 1.29 is 4.74 Å². The fraction of sp³-hybridized carbons (Fsp3) is 0.500. The SMILES string of the molecule is Cc1cc2c(c(C)c1Br)CC(C)(C)O2. The number of hydrogen-bond donors (Lipinski definition) is 0. The van der Waals surface area contributed by atoms with Crippen LogP contribution in [0.5, 0.6) is 5.75 Å². The van der Waals surface area contributed by atoms with Gasteiger partial charge in [0.25, 0.3) is 0 Å². The number of rotatable bonds is 0. The fourth-order valence-corrected chi connectivity index (χ4v) is 2.38. The van der Waals surface area contributed by atoms with Gasteiger partial charge in [-0.1, -0.05) is 15.9 Å². The van der Waals surface area contributed by atoms with Crippen LogP contribution >= 0.6 is 15.9 Å². The molecule has 1 aliphatic rings. The highest BCUT2D eigenvalue weighted by Gasteiger charge is 2.32. The van der Waals surface area contributed by atoms with Crippen LogP contribution in [0.4, 0.5) is 0 Å². The molecule has 0 amide bonds. The number of aryl methyl sites for hydroxylation is 1. The summed E-state index contributed by atoms with van der Waals surface area (Å²) in [5.74, 6) is 1.06. The second-order valence-corrected chi connectivity index (χ2v) is 5.44. The van der Waals surface area contributed by atoms with E-state index in [0.29, 0.717) is 0 Å². The molecule has 0 saturated heterocycles. The zero-order valence-corrected chi connectivity index (χ0v) is 10.7. The van der Waals surface area contributed by atoms with E-state index in [1.807, 2.05) is 0 Å². The Morgan fingerprint density at radius 1 is 1.36 bits per heavy atom. The summed E-state index contributed by atoms with van der Waals surface area (Å²) in [6.45, 7) is 8.53. The Hall–Kier alpha value is -0.500. The van der Waals surface area contributed by atoms with Crippen LogP contribution in [-0.4, -0.2) is 5.60 Å². The van der Waals surface area contributed by atoms with E-state index in [-0.39, 0.29) is 5.60 Å². The zero-order chi connectivity index (χ0) is 10.5. The molecule has 14 heavy (non-hydrogen) atoms. The maximum absolute atomic E-state index is 5.89. The van der Waals surface area contributed by atoms with Crippen LogP contribution in [0.25, 0.3) is 0 Å². The van der Waals surface area contributed by atoms with Gasteiger partial charge in [0.1, 0.15) is 11.4 Å². The van der Waals surface area contributed by atoms with Crippen molar-refractivity contribution in [3.63, 3.8) is 0 Å². The van der Waals surface area contributed by atoms with Gasteiger partial charge in [-0.15, -0.1) is 0 Å². The number of halogens is 1. The quantitative estimate of drug-likeness (QED) is 0.685. The van der Waals surface area contributed by atoms with E-state index in [4.69, 9.17) is 4.74 Å². The van der Waals surface area contributed by atoms with E-state index < -0.39 is 0 Å². The van der Waals surface area contributed by atoms with E-state index in [9.17, 15) is 0 Å². The monoisotopic (exact) mass is 254 g/mol. The lowest BCUT2D eigenvalue weighted by atomic mass is 9.97. The smallest absolute Gasteiger partial charge is 0.124 e. The molecule has 0 fully saturated rings. The maximum Gasteiger partial charge on any atom is 0.124 e. The molecular weight excluding hydrogens is 240 g/mol. The van der Waals surface area contributed by atoms with Crippen molar-refractivity contribution in [2.45, 2.75) is 39.7 Å². The lowest BCUT2D eigenvalue weighted by Gasteiger charge is -2.16. The Kier molecular flexibility index (Phi) is 2.15. The lowest BCUT2D eigenvalue weighted by Crippen LogP contribution is -2.24. The highest BCUT2D eigenvalue weighted by atomic mass is 79.9. The van der Waals surface area contributed by atoms with Gasteiger partial charge in [-0.05, 0) is 44.9 Å². The fourth-order valence-electron chi connectivity index (χ4n) is 2.03. The minimum absolute atomic E-state index is 0.0413. The Morgan fingerprint density at radius 3 is 2.64 bits per heavy atom. The van der Waals surface area contributed by atoms with E-state index in [0.717, 1.165) is 12.2 Å². The van der Waals surface area contributed by atoms with Gasteiger partial charge < -0.3 is 4.74 Å². The van der Waals surface area contributed by atoms with Crippen LogP contribution in [0.2, 0.25) is 0 Å². The highest BCUT2D eigenvalue weighted by molar-refractivity contribution is 9.10. The summed E-state index contributed by atoms with van der Waals surface area (Å²) in [5.41, 5.74) is 3.89. The van der Waals surface area contributed by atoms with Gasteiger partial charge in [0.05, 0.1) is 0 Å². The van der Waals surface area contributed by atoms with Crippen molar-refractivity contribution in [3.8, 4) is 5.75 Å². The summed E-state index contributed by atoms with van der Waals surface area (Å²) >= 11 is 3.61. The minimum atomic E-state index is -0.0413. The molecule has 1 aliphatic heterocycles. The topological polar surface area (TPSA) is 9.23 Å². The van der Waals surface area contributed by atoms with Crippen molar-refractivity contribution >= 4 is 15.9 Å². The maximum atomic E-state index is 5.89. The van der Waals surface area contributed by atoms with Crippen molar-refractivity contribution in [1.82, 2.24) is 0 Å². The van der Waals surface area contributed by atoms with Crippen LogP contribution < -0.4 is 4.74 Å². The number of fused-ring (bicyclic) bond motifs is 1. The second-order valence-electron chi connectivity index (χ2n) is 4.65. The predicted octanol–water partition coefficient (Wildman–Crippen LogP) is 3.78. The van der Waals surface area contributed by atoms with Crippen molar-refractivity contribution in [2.75, 3.05) is 0 Å². The molecule has 0 N–H and O–H groups in total. The van der Waals surface area contributed by atoms with Crippen LogP contribution in [-0.2, 0) is 6.42 Å². The van der Waals surface area contributed by atoms with Crippen molar-refractivity contribution in [3.05, 3.63) is 27.2 Å². The van der Waals surface area contributed by atoms with Gasteiger partial charge in [-0.25, -0.2) is 0 Å². The standard InChI is InChI=1S/C12H15BrO/c1-7-5-10-9(8(2)11(7)13)6-12(3,4)14-10/h5H,6H2,1-4H3. The molecule has 0 radical (unpaired) electrons. The van der Waals surface area contributed by atoms with Crippen LogP contribution in [0.1, 0.15) is 30.5 Å².